The van der Waals surface area contributed by atoms with Crippen LogP contribution >= 0.6 is 0 Å². The fourth-order valence-electron chi connectivity index (χ4n) is 2.07. The number of hydrogen-bond acceptors (Lipinski definition) is 2. The lowest BCUT2D eigenvalue weighted by Gasteiger charge is -2.20. The van der Waals surface area contributed by atoms with Gasteiger partial charge in [0.25, 0.3) is 0 Å². The van der Waals surface area contributed by atoms with Crippen LogP contribution in [0.25, 0.3) is 0 Å². The molecule has 16 heavy (non-hydrogen) atoms. The summed E-state index contributed by atoms with van der Waals surface area (Å²) in [6, 6.07) is 1.18. The molecule has 0 bridgehead atoms. The molecule has 1 aliphatic rings. The molecule has 0 aliphatic carbocycles. The maximum Gasteiger partial charge on any atom is 0.433 e. The monoisotopic (exact) mass is 233 g/mol. The maximum absolute atomic E-state index is 12.6. The Morgan fingerprint density at radius 3 is 2.50 bits per heavy atom. The summed E-state index contributed by atoms with van der Waals surface area (Å²) in [5.74, 6) is 0.156. The molecule has 1 fully saturated rings. The average molecular weight is 233 g/mol. The highest BCUT2D eigenvalue weighted by Crippen LogP contribution is 2.32. The van der Waals surface area contributed by atoms with Crippen LogP contribution in [0.3, 0.4) is 0 Å². The molecule has 3 nitrogen and oxygen atoms in total. The van der Waals surface area contributed by atoms with E-state index in [0.29, 0.717) is 5.69 Å². The summed E-state index contributed by atoms with van der Waals surface area (Å²) in [5.41, 5.74) is -0.0997. The van der Waals surface area contributed by atoms with E-state index in [1.165, 1.54) is 13.1 Å². The quantitative estimate of drug-likeness (QED) is 0.803. The van der Waals surface area contributed by atoms with E-state index in [1.807, 2.05) is 0 Å². The van der Waals surface area contributed by atoms with Gasteiger partial charge in [-0.1, -0.05) is 0 Å². The Balaban J connectivity index is 2.23. The van der Waals surface area contributed by atoms with E-state index in [4.69, 9.17) is 0 Å². The van der Waals surface area contributed by atoms with Gasteiger partial charge in [0.1, 0.15) is 5.69 Å². The van der Waals surface area contributed by atoms with Crippen molar-refractivity contribution in [2.24, 2.45) is 7.05 Å². The summed E-state index contributed by atoms with van der Waals surface area (Å²) in [6.45, 7) is 1.70. The van der Waals surface area contributed by atoms with E-state index >= 15 is 0 Å². The molecule has 0 radical (unpaired) electrons. The summed E-state index contributed by atoms with van der Waals surface area (Å²) in [7, 11) is 1.34. The highest BCUT2D eigenvalue weighted by Gasteiger charge is 2.35. The minimum atomic E-state index is -4.31. The molecule has 1 saturated heterocycles. The number of aryl methyl sites for hydroxylation is 1. The first kappa shape index (κ1) is 11.4. The molecule has 1 aliphatic heterocycles. The lowest BCUT2D eigenvalue weighted by atomic mass is 9.94. The second kappa shape index (κ2) is 4.08. The number of aromatic nitrogens is 2. The Bertz CT molecular complexity index is 364. The van der Waals surface area contributed by atoms with Gasteiger partial charge in [-0.15, -0.1) is 0 Å². The Morgan fingerprint density at radius 1 is 1.38 bits per heavy atom. The summed E-state index contributed by atoms with van der Waals surface area (Å²) in [5, 5.41) is 7.15. The molecule has 2 rings (SSSR count). The highest BCUT2D eigenvalue weighted by molar-refractivity contribution is 5.17. The number of nitrogens with zero attached hydrogens (tertiary/aromatic N) is 2. The average Bonchev–Trinajstić information content (AvgIpc) is 2.61. The van der Waals surface area contributed by atoms with Crippen LogP contribution in [-0.4, -0.2) is 22.9 Å². The van der Waals surface area contributed by atoms with Crippen molar-refractivity contribution in [3.8, 4) is 0 Å². The van der Waals surface area contributed by atoms with Crippen molar-refractivity contribution in [1.29, 1.82) is 0 Å². The van der Waals surface area contributed by atoms with Gasteiger partial charge in [-0.3, -0.25) is 4.68 Å². The van der Waals surface area contributed by atoms with Gasteiger partial charge in [0.2, 0.25) is 0 Å². The van der Waals surface area contributed by atoms with Crippen LogP contribution < -0.4 is 5.32 Å². The third-order valence-corrected chi connectivity index (χ3v) is 2.95. The standard InChI is InChI=1S/C10H14F3N3/c1-16-9(10(11,12)13)6-8(15-16)7-2-4-14-5-3-7/h6-7,14H,2-5H2,1H3. The molecule has 0 atom stereocenters. The zero-order valence-corrected chi connectivity index (χ0v) is 9.01. The van der Waals surface area contributed by atoms with Gasteiger partial charge in [-0.2, -0.15) is 18.3 Å². The van der Waals surface area contributed by atoms with Crippen molar-refractivity contribution in [3.05, 3.63) is 17.5 Å². The smallest absolute Gasteiger partial charge is 0.317 e. The maximum atomic E-state index is 12.6. The first-order chi connectivity index (χ1) is 7.48. The Labute approximate surface area is 91.6 Å². The molecule has 0 unspecified atom stereocenters. The number of hydrogen-bond donors (Lipinski definition) is 1. The SMILES string of the molecule is Cn1nc(C2CCNCC2)cc1C(F)(F)F. The minimum absolute atomic E-state index is 0.156. The van der Waals surface area contributed by atoms with Crippen LogP contribution in [0, 0.1) is 0 Å². The lowest BCUT2D eigenvalue weighted by Crippen LogP contribution is -2.26. The number of rotatable bonds is 1. The van der Waals surface area contributed by atoms with Crippen LogP contribution in [0.4, 0.5) is 13.2 Å². The van der Waals surface area contributed by atoms with Crippen LogP contribution in [-0.2, 0) is 13.2 Å². The normalized spacial score (nSPS) is 19.0. The van der Waals surface area contributed by atoms with E-state index in [1.54, 1.807) is 0 Å². The summed E-state index contributed by atoms with van der Waals surface area (Å²) < 4.78 is 38.6. The van der Waals surface area contributed by atoms with Gasteiger partial charge in [0, 0.05) is 13.0 Å². The molecule has 2 heterocycles. The first-order valence-corrected chi connectivity index (χ1v) is 5.30. The van der Waals surface area contributed by atoms with Crippen LogP contribution in [0.1, 0.15) is 30.1 Å². The number of halogens is 3. The van der Waals surface area contributed by atoms with Gasteiger partial charge in [0.05, 0.1) is 5.69 Å². The number of nitrogens with one attached hydrogen (secondary N) is 1. The van der Waals surface area contributed by atoms with Crippen molar-refractivity contribution >= 4 is 0 Å². The lowest BCUT2D eigenvalue weighted by molar-refractivity contribution is -0.143. The highest BCUT2D eigenvalue weighted by atomic mass is 19.4. The predicted octanol–water partition coefficient (Wildman–Crippen LogP) is 1.91. The van der Waals surface area contributed by atoms with Crippen molar-refractivity contribution in [2.45, 2.75) is 24.9 Å². The van der Waals surface area contributed by atoms with E-state index in [2.05, 4.69) is 10.4 Å². The van der Waals surface area contributed by atoms with Crippen LogP contribution in [0.5, 0.6) is 0 Å². The third kappa shape index (κ3) is 2.21. The summed E-state index contributed by atoms with van der Waals surface area (Å²) in [4.78, 5) is 0. The van der Waals surface area contributed by atoms with Gasteiger partial charge < -0.3 is 5.32 Å². The predicted molar refractivity (Wildman–Crippen MR) is 53.1 cm³/mol. The van der Waals surface area contributed by atoms with Gasteiger partial charge >= 0.3 is 6.18 Å². The van der Waals surface area contributed by atoms with E-state index in [0.717, 1.165) is 30.6 Å². The molecule has 1 aromatic rings. The van der Waals surface area contributed by atoms with Crippen LogP contribution in [0.2, 0.25) is 0 Å². The third-order valence-electron chi connectivity index (χ3n) is 2.95. The second-order valence-corrected chi connectivity index (χ2v) is 4.10. The largest absolute Gasteiger partial charge is 0.433 e. The molecule has 0 aromatic carbocycles. The first-order valence-electron chi connectivity index (χ1n) is 5.30. The molecule has 1 aromatic heterocycles. The zero-order valence-electron chi connectivity index (χ0n) is 9.01. The number of alkyl halides is 3. The van der Waals surface area contributed by atoms with Crippen molar-refractivity contribution in [1.82, 2.24) is 15.1 Å². The van der Waals surface area contributed by atoms with Gasteiger partial charge in [-0.05, 0) is 32.0 Å². The van der Waals surface area contributed by atoms with Crippen molar-refractivity contribution in [2.75, 3.05) is 13.1 Å². The van der Waals surface area contributed by atoms with Crippen molar-refractivity contribution in [3.63, 3.8) is 0 Å². The topological polar surface area (TPSA) is 29.9 Å². The molecule has 0 spiro atoms. The summed E-state index contributed by atoms with van der Waals surface area (Å²) in [6.07, 6.45) is -2.60. The molecule has 0 saturated carbocycles. The minimum Gasteiger partial charge on any atom is -0.317 e. The van der Waals surface area contributed by atoms with Crippen molar-refractivity contribution < 1.29 is 13.2 Å². The molecule has 0 amide bonds. The number of piperidine rings is 1. The Morgan fingerprint density at radius 2 is 2.00 bits per heavy atom. The molecule has 90 valence electrons. The molecule has 1 N–H and O–H groups in total. The molecular weight excluding hydrogens is 219 g/mol. The molecular formula is C10H14F3N3. The summed E-state index contributed by atoms with van der Waals surface area (Å²) >= 11 is 0. The van der Waals surface area contributed by atoms with Gasteiger partial charge in [0.15, 0.2) is 0 Å². The van der Waals surface area contributed by atoms with Gasteiger partial charge in [-0.25, -0.2) is 0 Å². The van der Waals surface area contributed by atoms with E-state index in [-0.39, 0.29) is 5.92 Å². The second-order valence-electron chi connectivity index (χ2n) is 4.10. The Hall–Kier alpha value is -1.04. The van der Waals surface area contributed by atoms with E-state index < -0.39 is 11.9 Å². The Kier molecular flexibility index (Phi) is 2.92. The zero-order chi connectivity index (χ0) is 11.8. The van der Waals surface area contributed by atoms with E-state index in [9.17, 15) is 13.2 Å². The fraction of sp³-hybridized carbons (Fsp3) is 0.700. The molecule has 6 heteroatoms. The van der Waals surface area contributed by atoms with Crippen LogP contribution in [0.15, 0.2) is 6.07 Å². The fourth-order valence-corrected chi connectivity index (χ4v) is 2.07.